The van der Waals surface area contributed by atoms with Gasteiger partial charge < -0.3 is 15.1 Å². The summed E-state index contributed by atoms with van der Waals surface area (Å²) in [5.74, 6) is -0.0628. The van der Waals surface area contributed by atoms with Crippen LogP contribution in [0, 0.1) is 0 Å². The molecule has 0 saturated carbocycles. The number of aromatic nitrogens is 2. The highest BCUT2D eigenvalue weighted by molar-refractivity contribution is 5.93. The normalized spacial score (nSPS) is 15.6. The first-order chi connectivity index (χ1) is 13.6. The van der Waals surface area contributed by atoms with Crippen LogP contribution in [0.4, 0.5) is 11.4 Å². The van der Waals surface area contributed by atoms with E-state index in [0.29, 0.717) is 17.1 Å². The molecule has 0 bridgehead atoms. The number of hydrogen-bond donors (Lipinski definition) is 1. The number of hydrogen-bond acceptors (Lipinski definition) is 6. The molecule has 7 nitrogen and oxygen atoms in total. The van der Waals surface area contributed by atoms with E-state index in [2.05, 4.69) is 51.7 Å². The van der Waals surface area contributed by atoms with Gasteiger partial charge in [0.05, 0.1) is 6.42 Å². The molecule has 0 unspecified atom stereocenters. The molecule has 1 aromatic heterocycles. The standard InChI is InChI=1S/C21H25N5O2/c1-25-11-9-18(10-12-25)26(2)17-6-4-16(5-7-17)22-21(27)14-15-3-8-19-20(13-15)24-28-23-19/h3-8,13,18H,9-12,14H2,1-2H3,(H,22,27). The number of anilines is 2. The molecule has 28 heavy (non-hydrogen) atoms. The Labute approximate surface area is 164 Å². The second-order valence-electron chi connectivity index (χ2n) is 7.50. The zero-order chi connectivity index (χ0) is 19.5. The summed E-state index contributed by atoms with van der Waals surface area (Å²) in [5, 5.41) is 10.5. The van der Waals surface area contributed by atoms with Crippen molar-refractivity contribution in [2.45, 2.75) is 25.3 Å². The minimum atomic E-state index is -0.0628. The number of rotatable bonds is 5. The van der Waals surface area contributed by atoms with Crippen LogP contribution in [-0.4, -0.2) is 54.3 Å². The molecule has 1 fully saturated rings. The molecule has 2 aromatic carbocycles. The predicted octanol–water partition coefficient (Wildman–Crippen LogP) is 2.93. The van der Waals surface area contributed by atoms with Gasteiger partial charge in [0, 0.05) is 24.5 Å². The number of carbonyl (C=O) groups is 1. The Morgan fingerprint density at radius 3 is 2.61 bits per heavy atom. The molecule has 1 aliphatic rings. The van der Waals surface area contributed by atoms with Gasteiger partial charge in [0.25, 0.3) is 0 Å². The number of carbonyl (C=O) groups excluding carboxylic acids is 1. The summed E-state index contributed by atoms with van der Waals surface area (Å²) in [6.07, 6.45) is 2.63. The van der Waals surface area contributed by atoms with Crippen LogP contribution in [0.2, 0.25) is 0 Å². The van der Waals surface area contributed by atoms with Gasteiger partial charge in [-0.3, -0.25) is 4.79 Å². The van der Waals surface area contributed by atoms with E-state index < -0.39 is 0 Å². The Morgan fingerprint density at radius 1 is 1.14 bits per heavy atom. The summed E-state index contributed by atoms with van der Waals surface area (Å²) < 4.78 is 4.69. The van der Waals surface area contributed by atoms with Crippen LogP contribution in [0.25, 0.3) is 11.0 Å². The molecule has 1 aliphatic heterocycles. The maximum atomic E-state index is 12.4. The lowest BCUT2D eigenvalue weighted by atomic mass is 10.0. The Balaban J connectivity index is 1.35. The first-order valence-corrected chi connectivity index (χ1v) is 9.61. The molecule has 146 valence electrons. The Morgan fingerprint density at radius 2 is 1.86 bits per heavy atom. The number of benzene rings is 2. The fourth-order valence-electron chi connectivity index (χ4n) is 3.70. The quantitative estimate of drug-likeness (QED) is 0.735. The van der Waals surface area contributed by atoms with E-state index in [1.54, 1.807) is 0 Å². The van der Waals surface area contributed by atoms with Crippen LogP contribution in [0.5, 0.6) is 0 Å². The lowest BCUT2D eigenvalue weighted by Gasteiger charge is -2.36. The van der Waals surface area contributed by atoms with Crippen LogP contribution in [0.3, 0.4) is 0 Å². The Kier molecular flexibility index (Phi) is 5.25. The van der Waals surface area contributed by atoms with Gasteiger partial charge in [0.15, 0.2) is 0 Å². The van der Waals surface area contributed by atoms with Crippen LogP contribution in [-0.2, 0) is 11.2 Å². The van der Waals surface area contributed by atoms with Crippen molar-refractivity contribution >= 4 is 28.3 Å². The zero-order valence-corrected chi connectivity index (χ0v) is 16.3. The third-order valence-corrected chi connectivity index (χ3v) is 5.48. The van der Waals surface area contributed by atoms with Crippen molar-refractivity contribution in [2.24, 2.45) is 0 Å². The topological polar surface area (TPSA) is 74.5 Å². The summed E-state index contributed by atoms with van der Waals surface area (Å²) in [5.41, 5.74) is 4.20. The molecule has 0 spiro atoms. The summed E-state index contributed by atoms with van der Waals surface area (Å²) in [7, 11) is 4.33. The number of nitrogens with one attached hydrogen (secondary N) is 1. The number of piperidine rings is 1. The van der Waals surface area contributed by atoms with Crippen molar-refractivity contribution in [2.75, 3.05) is 37.4 Å². The molecule has 3 aromatic rings. The molecule has 1 N–H and O–H groups in total. The average molecular weight is 379 g/mol. The van der Waals surface area contributed by atoms with E-state index in [1.165, 1.54) is 18.5 Å². The molecule has 1 saturated heterocycles. The summed E-state index contributed by atoms with van der Waals surface area (Å²) in [6, 6.07) is 14.1. The number of likely N-dealkylation sites (tertiary alicyclic amines) is 1. The maximum Gasteiger partial charge on any atom is 0.228 e. The number of nitrogens with zero attached hydrogens (tertiary/aromatic N) is 4. The van der Waals surface area contributed by atoms with Gasteiger partial charge in [-0.15, -0.1) is 0 Å². The van der Waals surface area contributed by atoms with E-state index in [4.69, 9.17) is 4.63 Å². The summed E-state index contributed by atoms with van der Waals surface area (Å²) in [4.78, 5) is 17.1. The molecular formula is C21H25N5O2. The van der Waals surface area contributed by atoms with Crippen molar-refractivity contribution < 1.29 is 9.42 Å². The summed E-state index contributed by atoms with van der Waals surface area (Å²) in [6.45, 7) is 2.28. The van der Waals surface area contributed by atoms with Gasteiger partial charge in [-0.25, -0.2) is 4.63 Å². The van der Waals surface area contributed by atoms with E-state index in [9.17, 15) is 4.79 Å². The third kappa shape index (κ3) is 4.14. The van der Waals surface area contributed by atoms with E-state index in [0.717, 1.165) is 24.3 Å². The highest BCUT2D eigenvalue weighted by Gasteiger charge is 2.20. The van der Waals surface area contributed by atoms with Gasteiger partial charge in [-0.05, 0) is 85.3 Å². The van der Waals surface area contributed by atoms with Crippen LogP contribution in [0.15, 0.2) is 47.1 Å². The van der Waals surface area contributed by atoms with Gasteiger partial charge in [-0.2, -0.15) is 0 Å². The highest BCUT2D eigenvalue weighted by atomic mass is 16.6. The smallest absolute Gasteiger partial charge is 0.228 e. The molecule has 7 heteroatoms. The van der Waals surface area contributed by atoms with Gasteiger partial charge >= 0.3 is 0 Å². The van der Waals surface area contributed by atoms with E-state index in [-0.39, 0.29) is 12.3 Å². The monoisotopic (exact) mass is 379 g/mol. The largest absolute Gasteiger partial charge is 0.372 e. The lowest BCUT2D eigenvalue weighted by Crippen LogP contribution is -2.41. The van der Waals surface area contributed by atoms with Crippen molar-refractivity contribution in [3.05, 3.63) is 48.0 Å². The fraction of sp³-hybridized carbons (Fsp3) is 0.381. The first kappa shape index (κ1) is 18.4. The van der Waals surface area contributed by atoms with Gasteiger partial charge in [-0.1, -0.05) is 6.07 Å². The molecular weight excluding hydrogens is 354 g/mol. The fourth-order valence-corrected chi connectivity index (χ4v) is 3.70. The van der Waals surface area contributed by atoms with Crippen molar-refractivity contribution in [3.8, 4) is 0 Å². The van der Waals surface area contributed by atoms with E-state index in [1.807, 2.05) is 30.3 Å². The van der Waals surface area contributed by atoms with Crippen LogP contribution < -0.4 is 10.2 Å². The van der Waals surface area contributed by atoms with Crippen molar-refractivity contribution in [1.29, 1.82) is 0 Å². The molecule has 0 radical (unpaired) electrons. The number of fused-ring (bicyclic) bond motifs is 1. The third-order valence-electron chi connectivity index (χ3n) is 5.48. The molecule has 0 aliphatic carbocycles. The predicted molar refractivity (Wildman–Crippen MR) is 110 cm³/mol. The lowest BCUT2D eigenvalue weighted by molar-refractivity contribution is -0.115. The second-order valence-corrected chi connectivity index (χ2v) is 7.50. The minimum Gasteiger partial charge on any atom is -0.372 e. The van der Waals surface area contributed by atoms with Crippen molar-refractivity contribution in [3.63, 3.8) is 0 Å². The van der Waals surface area contributed by atoms with Gasteiger partial charge in [0.2, 0.25) is 5.91 Å². The SMILES string of the molecule is CN1CCC(N(C)c2ccc(NC(=O)Cc3ccc4nonc4c3)cc2)CC1. The first-order valence-electron chi connectivity index (χ1n) is 9.61. The second kappa shape index (κ2) is 7.98. The Hall–Kier alpha value is -2.93. The van der Waals surface area contributed by atoms with Gasteiger partial charge in [0.1, 0.15) is 11.0 Å². The van der Waals surface area contributed by atoms with Crippen LogP contribution >= 0.6 is 0 Å². The molecule has 4 rings (SSSR count). The zero-order valence-electron chi connectivity index (χ0n) is 16.3. The minimum absolute atomic E-state index is 0.0628. The van der Waals surface area contributed by atoms with E-state index >= 15 is 0 Å². The molecule has 0 atom stereocenters. The maximum absolute atomic E-state index is 12.4. The number of amides is 1. The molecule has 2 heterocycles. The highest BCUT2D eigenvalue weighted by Crippen LogP contribution is 2.23. The average Bonchev–Trinajstić information content (AvgIpc) is 3.16. The molecule has 1 amide bonds. The Bertz CT molecular complexity index is 945. The summed E-state index contributed by atoms with van der Waals surface area (Å²) >= 11 is 0. The van der Waals surface area contributed by atoms with Crippen molar-refractivity contribution in [1.82, 2.24) is 15.2 Å². The van der Waals surface area contributed by atoms with Crippen LogP contribution in [0.1, 0.15) is 18.4 Å².